The third-order valence-corrected chi connectivity index (χ3v) is 7.68. The van der Waals surface area contributed by atoms with E-state index in [1.165, 1.54) is 66.1 Å². The molecule has 232 valence electrons. The summed E-state index contributed by atoms with van der Waals surface area (Å²) in [5.41, 5.74) is 10.7. The van der Waals surface area contributed by atoms with Gasteiger partial charge in [0.15, 0.2) is 0 Å². The van der Waals surface area contributed by atoms with Crippen LogP contribution in [0.15, 0.2) is 146 Å². The molecule has 0 fully saturated rings. The molecule has 0 saturated heterocycles. The van der Waals surface area contributed by atoms with Crippen molar-refractivity contribution in [1.29, 1.82) is 0 Å². The van der Waals surface area contributed by atoms with Gasteiger partial charge in [0, 0.05) is 0 Å². The zero-order valence-electron chi connectivity index (χ0n) is 27.2. The van der Waals surface area contributed by atoms with Crippen molar-refractivity contribution in [3.8, 4) is 33.4 Å². The topological polar surface area (TPSA) is 0 Å². The summed E-state index contributed by atoms with van der Waals surface area (Å²) in [5.74, 6) is 0.584. The molecule has 0 unspecified atom stereocenters. The van der Waals surface area contributed by atoms with Crippen molar-refractivity contribution in [3.05, 3.63) is 157 Å². The van der Waals surface area contributed by atoms with Crippen molar-refractivity contribution in [1.82, 2.24) is 0 Å². The molecule has 0 saturated carbocycles. The van der Waals surface area contributed by atoms with Crippen LogP contribution in [-0.4, -0.2) is 5.43 Å². The smallest absolute Gasteiger partial charge is 0.0277 e. The van der Waals surface area contributed by atoms with Crippen LogP contribution in [0.5, 0.6) is 0 Å². The fourth-order valence-electron chi connectivity index (χ4n) is 5.59. The van der Waals surface area contributed by atoms with Gasteiger partial charge in [-0.25, -0.2) is 0 Å². The molecule has 0 bridgehead atoms. The monoisotopic (exact) mass is 732 g/mol. The molecule has 7 rings (SSSR count). The first kappa shape index (κ1) is 37.5. The Hall–Kier alpha value is -3.00. The first-order valence-electron chi connectivity index (χ1n) is 15.4. The molecule has 0 atom stereocenters. The maximum Gasteiger partial charge on any atom is -0.0277 e. The average Bonchev–Trinajstić information content (AvgIpc) is 3.65. The van der Waals surface area contributed by atoms with Crippen LogP contribution >= 0.6 is 0 Å². The molecule has 0 nitrogen and oxygen atoms in total. The first-order chi connectivity index (χ1) is 21.3. The van der Waals surface area contributed by atoms with E-state index >= 15 is 0 Å². The molecule has 0 aliphatic rings. The predicted molar refractivity (Wildman–Crippen MR) is 192 cm³/mol. The second-order valence-electron chi connectivity index (χ2n) is 11.9. The summed E-state index contributed by atoms with van der Waals surface area (Å²) < 4.78 is 0. The van der Waals surface area contributed by atoms with E-state index in [0.29, 0.717) is 5.92 Å². The van der Waals surface area contributed by atoms with Crippen molar-refractivity contribution in [2.45, 2.75) is 39.8 Å². The standard InChI is InChI=1S/C22H17.C18H17.C2H6Si.2ClH.Zr/c1-16-12-20-14-19(17-8-4-2-5-9-17)15-22(21(20)13-16)18-10-6-3-7-11-18;1-13(2)16-11-15-9-6-10-17(18(15)12-16)14-7-4-3-5-8-14;1-3-2;;;/h2-15H,1H3;3-13H,1-2H3;1-2H3;2*1H;/q2*-1;;;;+2/p-2. The Morgan fingerprint density at radius 1 is 0.522 bits per heavy atom. The minimum Gasteiger partial charge on any atom is -1.00 e. The van der Waals surface area contributed by atoms with Crippen molar-refractivity contribution in [2.24, 2.45) is 0 Å². The molecule has 0 aliphatic heterocycles. The fraction of sp³-hybridized carbons (Fsp3) is 0.143. The van der Waals surface area contributed by atoms with Crippen LogP contribution in [0.4, 0.5) is 0 Å². The SMILES string of the molecule is CC(C)c1cc2c(-c3ccccc3)cccc2[cH-]1.C[Si](C)=[Zr+2].Cc1cc2c(-c3ccccc3)cc(-c3ccccc3)cc2[cH-]1.[Cl-].[Cl-]. The zero-order chi connectivity index (χ0) is 31.1. The Balaban J connectivity index is 0.000000219. The van der Waals surface area contributed by atoms with E-state index in [-0.39, 0.29) is 30.2 Å². The molecule has 0 spiro atoms. The van der Waals surface area contributed by atoms with Gasteiger partial charge in [0.25, 0.3) is 0 Å². The Morgan fingerprint density at radius 2 is 1.02 bits per heavy atom. The van der Waals surface area contributed by atoms with Gasteiger partial charge in [0.1, 0.15) is 0 Å². The third kappa shape index (κ3) is 9.52. The van der Waals surface area contributed by atoms with Gasteiger partial charge >= 0.3 is 41.9 Å². The van der Waals surface area contributed by atoms with E-state index in [2.05, 4.69) is 179 Å². The van der Waals surface area contributed by atoms with Gasteiger partial charge in [-0.15, -0.1) is 63.0 Å². The van der Waals surface area contributed by atoms with Crippen LogP contribution in [-0.2, 0) is 23.3 Å². The van der Waals surface area contributed by atoms with Gasteiger partial charge in [0.05, 0.1) is 0 Å². The molecule has 0 amide bonds. The summed E-state index contributed by atoms with van der Waals surface area (Å²) in [4.78, 5) is 0. The Bertz CT molecular complexity index is 1970. The van der Waals surface area contributed by atoms with E-state index in [1.807, 2.05) is 0 Å². The van der Waals surface area contributed by atoms with Crippen LogP contribution in [0.3, 0.4) is 0 Å². The fourth-order valence-corrected chi connectivity index (χ4v) is 5.59. The summed E-state index contributed by atoms with van der Waals surface area (Å²) in [6.45, 7) is 11.3. The van der Waals surface area contributed by atoms with Gasteiger partial charge < -0.3 is 24.8 Å². The number of benzene rings is 5. The summed E-state index contributed by atoms with van der Waals surface area (Å²) >= 11 is 1.74. The summed E-state index contributed by atoms with van der Waals surface area (Å²) in [6, 6.07) is 52.2. The molecule has 0 heterocycles. The van der Waals surface area contributed by atoms with Crippen molar-refractivity contribution in [2.75, 3.05) is 0 Å². The number of fused-ring (bicyclic) bond motifs is 2. The van der Waals surface area contributed by atoms with E-state index in [4.69, 9.17) is 0 Å². The number of hydrogen-bond acceptors (Lipinski definition) is 0. The van der Waals surface area contributed by atoms with Crippen LogP contribution in [0, 0.1) is 6.92 Å². The van der Waals surface area contributed by atoms with Gasteiger partial charge in [0.2, 0.25) is 0 Å². The Labute approximate surface area is 302 Å². The molecule has 0 N–H and O–H groups in total. The normalized spacial score (nSPS) is 10.3. The van der Waals surface area contributed by atoms with E-state index in [0.717, 1.165) is 0 Å². The van der Waals surface area contributed by atoms with E-state index in [9.17, 15) is 0 Å². The molecule has 0 aliphatic carbocycles. The number of halogens is 2. The van der Waals surface area contributed by atoms with Gasteiger partial charge in [-0.2, -0.15) is 12.1 Å². The maximum absolute atomic E-state index is 2.34. The molecule has 46 heavy (non-hydrogen) atoms. The Morgan fingerprint density at radius 3 is 1.57 bits per heavy atom. The van der Waals surface area contributed by atoms with Gasteiger partial charge in [-0.3, -0.25) is 0 Å². The van der Waals surface area contributed by atoms with Crippen LogP contribution in [0.2, 0.25) is 13.1 Å². The molecule has 4 heteroatoms. The molecule has 7 aromatic carbocycles. The third-order valence-electron chi connectivity index (χ3n) is 7.68. The van der Waals surface area contributed by atoms with Crippen LogP contribution < -0.4 is 24.8 Å². The quantitative estimate of drug-likeness (QED) is 0.146. The second kappa shape index (κ2) is 17.8. The van der Waals surface area contributed by atoms with Crippen LogP contribution in [0.1, 0.15) is 30.9 Å². The maximum atomic E-state index is 2.34. The summed E-state index contributed by atoms with van der Waals surface area (Å²) in [7, 11) is 0. The number of hydrogen-bond donors (Lipinski definition) is 0. The summed E-state index contributed by atoms with van der Waals surface area (Å²) in [5, 5.41) is 5.37. The first-order valence-corrected chi connectivity index (χ1v) is 21.6. The largest absolute Gasteiger partial charge is 1.00 e. The Kier molecular flexibility index (Phi) is 14.5. The molecular formula is C42H40Cl2SiZr-2. The van der Waals surface area contributed by atoms with E-state index < -0.39 is 0 Å². The van der Waals surface area contributed by atoms with Gasteiger partial charge in [-0.05, 0) is 22.6 Å². The number of aryl methyl sites for hydroxylation is 1. The predicted octanol–water partition coefficient (Wildman–Crippen LogP) is 6.34. The average molecular weight is 735 g/mol. The van der Waals surface area contributed by atoms with E-state index in [1.54, 1.807) is 23.3 Å². The van der Waals surface area contributed by atoms with Gasteiger partial charge in [-0.1, -0.05) is 141 Å². The minimum atomic E-state index is 0. The summed E-state index contributed by atoms with van der Waals surface area (Å²) in [6.07, 6.45) is 0. The number of rotatable bonds is 4. The molecule has 0 aromatic heterocycles. The molecule has 0 radical (unpaired) electrons. The van der Waals surface area contributed by atoms with Crippen molar-refractivity contribution >= 4 is 27.0 Å². The van der Waals surface area contributed by atoms with Crippen molar-refractivity contribution in [3.63, 3.8) is 0 Å². The zero-order valence-corrected chi connectivity index (χ0v) is 32.2. The molecule has 7 aromatic rings. The molecular weight excluding hydrogens is 695 g/mol. The van der Waals surface area contributed by atoms with Crippen molar-refractivity contribution < 1.29 is 48.1 Å². The minimum absolute atomic E-state index is 0. The second-order valence-corrected chi connectivity index (χ2v) is 21.3. The van der Waals surface area contributed by atoms with Crippen LogP contribution in [0.25, 0.3) is 54.9 Å².